The Labute approximate surface area is 110 Å². The van der Waals surface area contributed by atoms with E-state index in [1.165, 1.54) is 32.1 Å². The van der Waals surface area contributed by atoms with Crippen molar-refractivity contribution in [3.8, 4) is 0 Å². The maximum absolute atomic E-state index is 5.05. The highest BCUT2D eigenvalue weighted by atomic mass is 16.5. The maximum atomic E-state index is 5.05. The zero-order valence-electron chi connectivity index (χ0n) is 11.6. The van der Waals surface area contributed by atoms with E-state index in [-0.39, 0.29) is 0 Å². The molecule has 0 aromatic carbocycles. The first-order valence-electron chi connectivity index (χ1n) is 7.06. The largest absolute Gasteiger partial charge is 0.383 e. The first-order valence-corrected chi connectivity index (χ1v) is 7.06. The maximum Gasteiger partial charge on any atom is 0.203 e. The Bertz CT molecular complexity index is 356. The first-order chi connectivity index (χ1) is 8.79. The monoisotopic (exact) mass is 251 g/mol. The van der Waals surface area contributed by atoms with Gasteiger partial charge >= 0.3 is 0 Å². The lowest BCUT2D eigenvalue weighted by atomic mass is 10.0. The molecule has 0 bridgehead atoms. The van der Waals surface area contributed by atoms with Crippen molar-refractivity contribution in [2.24, 2.45) is 5.92 Å². The van der Waals surface area contributed by atoms with Gasteiger partial charge in [-0.15, -0.1) is 0 Å². The number of rotatable bonds is 7. The van der Waals surface area contributed by atoms with Gasteiger partial charge in [0.2, 0.25) is 5.95 Å². The van der Waals surface area contributed by atoms with Crippen LogP contribution in [0.1, 0.15) is 37.8 Å². The van der Waals surface area contributed by atoms with Gasteiger partial charge < -0.3 is 14.6 Å². The Morgan fingerprint density at radius 3 is 2.94 bits per heavy atom. The second kappa shape index (κ2) is 6.78. The molecule has 2 rings (SSSR count). The zero-order valence-corrected chi connectivity index (χ0v) is 11.6. The summed E-state index contributed by atoms with van der Waals surface area (Å²) < 4.78 is 7.31. The minimum Gasteiger partial charge on any atom is -0.383 e. The van der Waals surface area contributed by atoms with Gasteiger partial charge in [-0.3, -0.25) is 0 Å². The quantitative estimate of drug-likeness (QED) is 0.757. The van der Waals surface area contributed by atoms with Gasteiger partial charge in [0.1, 0.15) is 0 Å². The lowest BCUT2D eigenvalue weighted by Crippen LogP contribution is -2.13. The Hall–Kier alpha value is -1.03. The molecule has 0 unspecified atom stereocenters. The van der Waals surface area contributed by atoms with Gasteiger partial charge in [-0.05, 0) is 19.3 Å². The van der Waals surface area contributed by atoms with Crippen LogP contribution in [0.25, 0.3) is 0 Å². The zero-order chi connectivity index (χ0) is 12.8. The Balaban J connectivity index is 1.85. The van der Waals surface area contributed by atoms with Gasteiger partial charge in [-0.2, -0.15) is 0 Å². The minimum absolute atomic E-state index is 0.717. The van der Waals surface area contributed by atoms with Crippen LogP contribution in [0.3, 0.4) is 0 Å². The van der Waals surface area contributed by atoms with Crippen molar-refractivity contribution >= 4 is 5.95 Å². The van der Waals surface area contributed by atoms with E-state index in [9.17, 15) is 0 Å². The summed E-state index contributed by atoms with van der Waals surface area (Å²) in [7, 11) is 1.72. The topological polar surface area (TPSA) is 39.1 Å². The van der Waals surface area contributed by atoms with Gasteiger partial charge in [-0.1, -0.05) is 25.7 Å². The summed E-state index contributed by atoms with van der Waals surface area (Å²) in [6, 6.07) is 0. The van der Waals surface area contributed by atoms with Crippen molar-refractivity contribution in [1.82, 2.24) is 9.55 Å². The number of ether oxygens (including phenoxy) is 1. The highest BCUT2D eigenvalue weighted by Crippen LogP contribution is 2.28. The molecule has 4 heteroatoms. The molecule has 1 aliphatic rings. The number of aromatic nitrogens is 2. The van der Waals surface area contributed by atoms with Crippen molar-refractivity contribution in [3.63, 3.8) is 0 Å². The lowest BCUT2D eigenvalue weighted by Gasteiger charge is -2.12. The van der Waals surface area contributed by atoms with Gasteiger partial charge in [0.25, 0.3) is 0 Å². The molecular formula is C14H25N3O. The van der Waals surface area contributed by atoms with Gasteiger partial charge in [-0.25, -0.2) is 4.98 Å². The highest BCUT2D eigenvalue weighted by Gasteiger charge is 2.15. The molecule has 0 radical (unpaired) electrons. The summed E-state index contributed by atoms with van der Waals surface area (Å²) in [6.45, 7) is 4.67. The molecule has 1 heterocycles. The predicted molar refractivity (Wildman–Crippen MR) is 73.9 cm³/mol. The van der Waals surface area contributed by atoms with Crippen LogP contribution in [0.5, 0.6) is 0 Å². The van der Waals surface area contributed by atoms with E-state index in [4.69, 9.17) is 4.74 Å². The van der Waals surface area contributed by atoms with Crippen LogP contribution in [0.15, 0.2) is 6.20 Å². The summed E-state index contributed by atoms with van der Waals surface area (Å²) in [5, 5.41) is 3.34. The molecule has 0 amide bonds. The number of hydrogen-bond donors (Lipinski definition) is 1. The molecule has 102 valence electrons. The SMILES string of the molecule is COCCNc1nc(C)cn1CCC1CCCC1. The molecule has 1 aliphatic carbocycles. The molecule has 0 aliphatic heterocycles. The number of hydrogen-bond acceptors (Lipinski definition) is 3. The Morgan fingerprint density at radius 1 is 1.44 bits per heavy atom. The third-order valence-corrected chi connectivity index (χ3v) is 3.74. The van der Waals surface area contributed by atoms with Crippen molar-refractivity contribution < 1.29 is 4.74 Å². The fourth-order valence-corrected chi connectivity index (χ4v) is 2.74. The van der Waals surface area contributed by atoms with Crippen molar-refractivity contribution in [2.45, 2.75) is 45.6 Å². The van der Waals surface area contributed by atoms with E-state index in [0.717, 1.165) is 30.6 Å². The summed E-state index contributed by atoms with van der Waals surface area (Å²) in [6.07, 6.45) is 9.11. The fraction of sp³-hybridized carbons (Fsp3) is 0.786. The lowest BCUT2D eigenvalue weighted by molar-refractivity contribution is 0.210. The van der Waals surface area contributed by atoms with Gasteiger partial charge in [0.15, 0.2) is 0 Å². The minimum atomic E-state index is 0.717. The summed E-state index contributed by atoms with van der Waals surface area (Å²) in [4.78, 5) is 4.52. The summed E-state index contributed by atoms with van der Waals surface area (Å²) in [5.41, 5.74) is 1.08. The third-order valence-electron chi connectivity index (χ3n) is 3.74. The molecule has 1 N–H and O–H groups in total. The first kappa shape index (κ1) is 13.4. The molecule has 1 aromatic heterocycles. The third kappa shape index (κ3) is 3.73. The standard InChI is InChI=1S/C14H25N3O/c1-12-11-17(9-7-13-5-3-4-6-13)14(16-12)15-8-10-18-2/h11,13H,3-10H2,1-2H3,(H,15,16). The van der Waals surface area contributed by atoms with E-state index in [1.54, 1.807) is 7.11 Å². The van der Waals surface area contributed by atoms with E-state index in [2.05, 4.69) is 21.1 Å². The van der Waals surface area contributed by atoms with E-state index < -0.39 is 0 Å². The van der Waals surface area contributed by atoms with Crippen molar-refractivity contribution in [3.05, 3.63) is 11.9 Å². The fourth-order valence-electron chi connectivity index (χ4n) is 2.74. The number of nitrogens with zero attached hydrogens (tertiary/aromatic N) is 2. The van der Waals surface area contributed by atoms with Crippen LogP contribution in [-0.2, 0) is 11.3 Å². The van der Waals surface area contributed by atoms with Crippen LogP contribution >= 0.6 is 0 Å². The van der Waals surface area contributed by atoms with E-state index >= 15 is 0 Å². The van der Waals surface area contributed by atoms with Crippen molar-refractivity contribution in [2.75, 3.05) is 25.6 Å². The van der Waals surface area contributed by atoms with Crippen LogP contribution in [0.4, 0.5) is 5.95 Å². The molecule has 18 heavy (non-hydrogen) atoms. The summed E-state index contributed by atoms with van der Waals surface area (Å²) in [5.74, 6) is 1.92. The summed E-state index contributed by atoms with van der Waals surface area (Å²) >= 11 is 0. The van der Waals surface area contributed by atoms with Crippen LogP contribution in [0, 0.1) is 12.8 Å². The highest BCUT2D eigenvalue weighted by molar-refractivity contribution is 5.28. The van der Waals surface area contributed by atoms with Gasteiger partial charge in [0.05, 0.1) is 12.3 Å². The Morgan fingerprint density at radius 2 is 2.22 bits per heavy atom. The molecule has 0 saturated heterocycles. The molecule has 0 atom stereocenters. The number of aryl methyl sites for hydroxylation is 2. The second-order valence-corrected chi connectivity index (χ2v) is 5.26. The molecule has 0 spiro atoms. The number of methoxy groups -OCH3 is 1. The average molecular weight is 251 g/mol. The molecule has 4 nitrogen and oxygen atoms in total. The molecule has 1 saturated carbocycles. The average Bonchev–Trinajstić information content (AvgIpc) is 2.97. The molecular weight excluding hydrogens is 226 g/mol. The van der Waals surface area contributed by atoms with Crippen LogP contribution in [0.2, 0.25) is 0 Å². The second-order valence-electron chi connectivity index (χ2n) is 5.26. The smallest absolute Gasteiger partial charge is 0.203 e. The number of anilines is 1. The van der Waals surface area contributed by atoms with E-state index in [0.29, 0.717) is 6.61 Å². The van der Waals surface area contributed by atoms with Crippen molar-refractivity contribution in [1.29, 1.82) is 0 Å². The predicted octanol–water partition coefficient (Wildman–Crippen LogP) is 2.83. The van der Waals surface area contributed by atoms with Gasteiger partial charge in [0, 0.05) is 26.4 Å². The molecule has 1 fully saturated rings. The number of nitrogens with one attached hydrogen (secondary N) is 1. The van der Waals surface area contributed by atoms with E-state index in [1.807, 2.05) is 6.92 Å². The molecule has 1 aromatic rings. The number of imidazole rings is 1. The van der Waals surface area contributed by atoms with Crippen LogP contribution < -0.4 is 5.32 Å². The van der Waals surface area contributed by atoms with Crippen LogP contribution in [-0.4, -0.2) is 29.8 Å². The Kier molecular flexibility index (Phi) is 5.05. The normalized spacial score (nSPS) is 16.3.